The maximum Gasteiger partial charge on any atom is 0.321 e. The van der Waals surface area contributed by atoms with Gasteiger partial charge in [-0.05, 0) is 48.6 Å². The molecular formula is C22H29N3O. The van der Waals surface area contributed by atoms with E-state index >= 15 is 0 Å². The highest BCUT2D eigenvalue weighted by atomic mass is 16.2. The first-order valence-electron chi connectivity index (χ1n) is 9.43. The number of hydrogen-bond donors (Lipinski definition) is 1. The summed E-state index contributed by atoms with van der Waals surface area (Å²) in [6, 6.07) is 14.9. The molecule has 0 atom stereocenters. The molecule has 2 amide bonds. The van der Waals surface area contributed by atoms with Crippen molar-refractivity contribution in [3.63, 3.8) is 0 Å². The molecule has 0 aliphatic carbocycles. The van der Waals surface area contributed by atoms with Gasteiger partial charge in [0, 0.05) is 37.6 Å². The number of anilines is 2. The van der Waals surface area contributed by atoms with Gasteiger partial charge in [0.05, 0.1) is 0 Å². The van der Waals surface area contributed by atoms with Gasteiger partial charge in [-0.1, -0.05) is 44.2 Å². The lowest BCUT2D eigenvalue weighted by molar-refractivity contribution is 0.208. The molecule has 4 heteroatoms. The molecule has 1 aliphatic rings. The number of carbonyl (C=O) groups excluding carboxylic acids is 1. The molecule has 0 radical (unpaired) electrons. The van der Waals surface area contributed by atoms with Crippen LogP contribution in [0.15, 0.2) is 42.5 Å². The molecule has 26 heavy (non-hydrogen) atoms. The van der Waals surface area contributed by atoms with Crippen LogP contribution in [-0.4, -0.2) is 37.1 Å². The number of nitrogens with zero attached hydrogens (tertiary/aromatic N) is 2. The van der Waals surface area contributed by atoms with Gasteiger partial charge in [0.15, 0.2) is 0 Å². The summed E-state index contributed by atoms with van der Waals surface area (Å²) in [5, 5.41) is 3.09. The van der Waals surface area contributed by atoms with E-state index in [1.54, 1.807) is 0 Å². The Morgan fingerprint density at radius 1 is 0.923 bits per heavy atom. The number of nitrogens with one attached hydrogen (secondary N) is 1. The molecule has 0 saturated carbocycles. The first-order valence-corrected chi connectivity index (χ1v) is 9.43. The van der Waals surface area contributed by atoms with Crippen molar-refractivity contribution >= 4 is 17.4 Å². The highest BCUT2D eigenvalue weighted by molar-refractivity contribution is 5.91. The number of rotatable bonds is 3. The quantitative estimate of drug-likeness (QED) is 0.864. The summed E-state index contributed by atoms with van der Waals surface area (Å²) in [7, 11) is 0. The molecule has 0 unspecified atom stereocenters. The number of piperazine rings is 1. The number of urea groups is 1. The molecular weight excluding hydrogens is 322 g/mol. The minimum absolute atomic E-state index is 0.00259. The van der Waals surface area contributed by atoms with Crippen molar-refractivity contribution in [2.24, 2.45) is 0 Å². The van der Waals surface area contributed by atoms with Gasteiger partial charge < -0.3 is 15.1 Å². The zero-order valence-electron chi connectivity index (χ0n) is 16.2. The highest BCUT2D eigenvalue weighted by Gasteiger charge is 2.22. The fourth-order valence-corrected chi connectivity index (χ4v) is 3.44. The average molecular weight is 351 g/mol. The second-order valence-electron chi connectivity index (χ2n) is 7.42. The van der Waals surface area contributed by atoms with Crippen LogP contribution in [0.5, 0.6) is 0 Å². The number of amides is 2. The second kappa shape index (κ2) is 7.81. The molecule has 1 aliphatic heterocycles. The van der Waals surface area contributed by atoms with Gasteiger partial charge in [-0.2, -0.15) is 0 Å². The van der Waals surface area contributed by atoms with Crippen LogP contribution < -0.4 is 10.2 Å². The molecule has 1 heterocycles. The number of para-hydroxylation sites is 1. The largest absolute Gasteiger partial charge is 0.368 e. The first kappa shape index (κ1) is 18.3. The van der Waals surface area contributed by atoms with Crippen LogP contribution in [0.3, 0.4) is 0 Å². The summed E-state index contributed by atoms with van der Waals surface area (Å²) in [6.45, 7) is 11.7. The smallest absolute Gasteiger partial charge is 0.321 e. The lowest BCUT2D eigenvalue weighted by atomic mass is 10.0. The topological polar surface area (TPSA) is 35.6 Å². The molecule has 0 bridgehead atoms. The van der Waals surface area contributed by atoms with Gasteiger partial charge >= 0.3 is 6.03 Å². The molecule has 1 saturated heterocycles. The third-order valence-corrected chi connectivity index (χ3v) is 5.20. The van der Waals surface area contributed by atoms with E-state index in [0.717, 1.165) is 43.0 Å². The fraction of sp³-hybridized carbons (Fsp3) is 0.409. The first-order chi connectivity index (χ1) is 12.5. The third kappa shape index (κ3) is 4.01. The van der Waals surface area contributed by atoms with Gasteiger partial charge in [-0.3, -0.25) is 0 Å². The van der Waals surface area contributed by atoms with E-state index in [9.17, 15) is 4.79 Å². The maximum absolute atomic E-state index is 12.6. The Bertz CT molecular complexity index is 739. The van der Waals surface area contributed by atoms with Crippen LogP contribution in [0, 0.1) is 13.8 Å². The summed E-state index contributed by atoms with van der Waals surface area (Å²) < 4.78 is 0. The Morgan fingerprint density at radius 3 is 2.04 bits per heavy atom. The molecule has 0 aromatic heterocycles. The fourth-order valence-electron chi connectivity index (χ4n) is 3.44. The summed E-state index contributed by atoms with van der Waals surface area (Å²) in [5.74, 6) is 0.550. The van der Waals surface area contributed by atoms with Crippen LogP contribution in [-0.2, 0) is 0 Å². The van der Waals surface area contributed by atoms with Crippen LogP contribution in [0.2, 0.25) is 0 Å². The van der Waals surface area contributed by atoms with Crippen LogP contribution in [0.25, 0.3) is 0 Å². The standard InChI is InChI=1S/C22H29N3O/c1-16(2)19-8-10-20(11-9-19)24-12-14-25(15-13-24)22(26)23-21-17(3)6-5-7-18(21)4/h5-11,16H,12-15H2,1-4H3,(H,23,26). The van der Waals surface area contributed by atoms with Crippen molar-refractivity contribution in [1.82, 2.24) is 4.90 Å². The number of hydrogen-bond acceptors (Lipinski definition) is 2. The maximum atomic E-state index is 12.6. The third-order valence-electron chi connectivity index (χ3n) is 5.20. The molecule has 3 rings (SSSR count). The van der Waals surface area contributed by atoms with Gasteiger partial charge in [-0.15, -0.1) is 0 Å². The number of aryl methyl sites for hydroxylation is 2. The van der Waals surface area contributed by atoms with E-state index in [1.165, 1.54) is 11.3 Å². The lowest BCUT2D eigenvalue weighted by Gasteiger charge is -2.36. The Balaban J connectivity index is 1.58. The van der Waals surface area contributed by atoms with Crippen molar-refractivity contribution < 1.29 is 4.79 Å². The molecule has 0 spiro atoms. The van der Waals surface area contributed by atoms with E-state index in [1.807, 2.05) is 36.9 Å². The van der Waals surface area contributed by atoms with E-state index in [4.69, 9.17) is 0 Å². The van der Waals surface area contributed by atoms with Crippen molar-refractivity contribution in [2.45, 2.75) is 33.6 Å². The van der Waals surface area contributed by atoms with Gasteiger partial charge in [0.1, 0.15) is 0 Å². The Kier molecular flexibility index (Phi) is 5.50. The Hall–Kier alpha value is -2.49. The number of benzene rings is 2. The van der Waals surface area contributed by atoms with E-state index < -0.39 is 0 Å². The Labute approximate surface area is 156 Å². The van der Waals surface area contributed by atoms with E-state index in [0.29, 0.717) is 5.92 Å². The van der Waals surface area contributed by atoms with Crippen LogP contribution in [0.4, 0.5) is 16.2 Å². The zero-order chi connectivity index (χ0) is 18.7. The predicted molar refractivity (Wildman–Crippen MR) is 109 cm³/mol. The molecule has 1 fully saturated rings. The van der Waals surface area contributed by atoms with Gasteiger partial charge in [-0.25, -0.2) is 4.79 Å². The van der Waals surface area contributed by atoms with Gasteiger partial charge in [0.25, 0.3) is 0 Å². The molecule has 2 aromatic carbocycles. The van der Waals surface area contributed by atoms with Crippen LogP contribution in [0.1, 0.15) is 36.5 Å². The normalized spacial score (nSPS) is 14.7. The second-order valence-corrected chi connectivity index (χ2v) is 7.42. The SMILES string of the molecule is Cc1cccc(C)c1NC(=O)N1CCN(c2ccc(C(C)C)cc2)CC1. The van der Waals surface area contributed by atoms with E-state index in [2.05, 4.69) is 48.3 Å². The van der Waals surface area contributed by atoms with Crippen molar-refractivity contribution in [3.05, 3.63) is 59.2 Å². The average Bonchev–Trinajstić information content (AvgIpc) is 2.65. The summed E-state index contributed by atoms with van der Waals surface area (Å²) in [6.07, 6.45) is 0. The lowest BCUT2D eigenvalue weighted by Crippen LogP contribution is -2.50. The summed E-state index contributed by atoms with van der Waals surface area (Å²) >= 11 is 0. The van der Waals surface area contributed by atoms with E-state index in [-0.39, 0.29) is 6.03 Å². The van der Waals surface area contributed by atoms with Crippen LogP contribution >= 0.6 is 0 Å². The molecule has 1 N–H and O–H groups in total. The summed E-state index contributed by atoms with van der Waals surface area (Å²) in [5.41, 5.74) is 5.73. The minimum Gasteiger partial charge on any atom is -0.368 e. The monoisotopic (exact) mass is 351 g/mol. The van der Waals surface area contributed by atoms with Crippen molar-refractivity contribution in [3.8, 4) is 0 Å². The predicted octanol–water partition coefficient (Wildman–Crippen LogP) is 4.78. The molecule has 2 aromatic rings. The van der Waals surface area contributed by atoms with Crippen molar-refractivity contribution in [2.75, 3.05) is 36.4 Å². The highest BCUT2D eigenvalue weighted by Crippen LogP contribution is 2.23. The minimum atomic E-state index is -0.00259. The Morgan fingerprint density at radius 2 is 1.50 bits per heavy atom. The summed E-state index contributed by atoms with van der Waals surface area (Å²) in [4.78, 5) is 16.9. The zero-order valence-corrected chi connectivity index (χ0v) is 16.2. The molecule has 138 valence electrons. The molecule has 4 nitrogen and oxygen atoms in total. The van der Waals surface area contributed by atoms with Crippen molar-refractivity contribution in [1.29, 1.82) is 0 Å². The van der Waals surface area contributed by atoms with Gasteiger partial charge in [0.2, 0.25) is 0 Å². The number of carbonyl (C=O) groups is 1.